The monoisotopic (exact) mass is 172 g/mol. The standard InChI is InChI=1S/C8H16N2O2/c11-8(12)7-9-10-5-3-1-2-4-6-10/h9H,1-7H2,(H,11,12). The lowest BCUT2D eigenvalue weighted by Gasteiger charge is -2.19. The summed E-state index contributed by atoms with van der Waals surface area (Å²) in [6.45, 7) is 2.00. The Morgan fingerprint density at radius 1 is 1.25 bits per heavy atom. The lowest BCUT2D eigenvalue weighted by molar-refractivity contribution is -0.137. The largest absolute Gasteiger partial charge is 0.480 e. The minimum atomic E-state index is -0.792. The van der Waals surface area contributed by atoms with Gasteiger partial charge < -0.3 is 5.11 Å². The molecule has 0 spiro atoms. The van der Waals surface area contributed by atoms with Crippen molar-refractivity contribution in [1.29, 1.82) is 0 Å². The molecule has 0 bridgehead atoms. The maximum Gasteiger partial charge on any atom is 0.318 e. The predicted molar refractivity (Wildman–Crippen MR) is 45.7 cm³/mol. The third kappa shape index (κ3) is 3.69. The molecule has 1 rings (SSSR count). The van der Waals surface area contributed by atoms with Gasteiger partial charge in [-0.25, -0.2) is 10.4 Å². The Bertz CT molecular complexity index is 142. The first kappa shape index (κ1) is 9.48. The Labute approximate surface area is 72.5 Å². The van der Waals surface area contributed by atoms with Crippen LogP contribution in [-0.4, -0.2) is 35.7 Å². The molecule has 1 fully saturated rings. The highest BCUT2D eigenvalue weighted by molar-refractivity contribution is 5.68. The van der Waals surface area contributed by atoms with Crippen LogP contribution in [-0.2, 0) is 4.79 Å². The number of hydrogen-bond donors (Lipinski definition) is 2. The fourth-order valence-corrected chi connectivity index (χ4v) is 1.41. The van der Waals surface area contributed by atoms with Crippen LogP contribution >= 0.6 is 0 Å². The number of aliphatic carboxylic acids is 1. The van der Waals surface area contributed by atoms with Crippen molar-refractivity contribution >= 4 is 5.97 Å². The average molecular weight is 172 g/mol. The van der Waals surface area contributed by atoms with E-state index in [9.17, 15) is 4.79 Å². The van der Waals surface area contributed by atoms with E-state index in [0.29, 0.717) is 0 Å². The van der Waals surface area contributed by atoms with Gasteiger partial charge in [0.05, 0.1) is 0 Å². The first-order valence-electron chi connectivity index (χ1n) is 4.49. The van der Waals surface area contributed by atoms with Crippen LogP contribution in [0.25, 0.3) is 0 Å². The van der Waals surface area contributed by atoms with Crippen molar-refractivity contribution in [1.82, 2.24) is 10.4 Å². The molecule has 4 heteroatoms. The molecule has 0 aromatic rings. The maximum atomic E-state index is 10.2. The lowest BCUT2D eigenvalue weighted by Crippen LogP contribution is -2.41. The number of carbonyl (C=O) groups is 1. The van der Waals surface area contributed by atoms with Crippen molar-refractivity contribution in [3.05, 3.63) is 0 Å². The summed E-state index contributed by atoms with van der Waals surface area (Å²) in [6, 6.07) is 0. The van der Waals surface area contributed by atoms with Crippen molar-refractivity contribution in [2.75, 3.05) is 19.6 Å². The Hall–Kier alpha value is -0.610. The molecule has 4 nitrogen and oxygen atoms in total. The summed E-state index contributed by atoms with van der Waals surface area (Å²) in [5.41, 5.74) is 2.89. The van der Waals surface area contributed by atoms with Crippen LogP contribution in [0.15, 0.2) is 0 Å². The Kier molecular flexibility index (Phi) is 4.04. The minimum Gasteiger partial charge on any atom is -0.480 e. The minimum absolute atomic E-state index is 0.0417. The summed E-state index contributed by atoms with van der Waals surface area (Å²) in [7, 11) is 0. The van der Waals surface area contributed by atoms with Gasteiger partial charge in [0, 0.05) is 13.1 Å². The summed E-state index contributed by atoms with van der Waals surface area (Å²) >= 11 is 0. The summed E-state index contributed by atoms with van der Waals surface area (Å²) in [6.07, 6.45) is 4.88. The SMILES string of the molecule is O=C(O)CNN1CCCCCC1. The highest BCUT2D eigenvalue weighted by Gasteiger charge is 2.08. The predicted octanol–water partition coefficient (Wildman–Crippen LogP) is 0.452. The van der Waals surface area contributed by atoms with Gasteiger partial charge in [-0.15, -0.1) is 0 Å². The molecular formula is C8H16N2O2. The van der Waals surface area contributed by atoms with E-state index >= 15 is 0 Å². The van der Waals surface area contributed by atoms with Gasteiger partial charge in [0.15, 0.2) is 0 Å². The molecule has 0 aromatic heterocycles. The molecule has 0 amide bonds. The average Bonchev–Trinajstić information content (AvgIpc) is 2.28. The second-order valence-corrected chi connectivity index (χ2v) is 3.13. The van der Waals surface area contributed by atoms with Crippen molar-refractivity contribution in [3.8, 4) is 0 Å². The summed E-state index contributed by atoms with van der Waals surface area (Å²) < 4.78 is 0. The normalized spacial score (nSPS) is 20.3. The zero-order chi connectivity index (χ0) is 8.81. The molecule has 1 aliphatic rings. The van der Waals surface area contributed by atoms with Crippen LogP contribution in [0, 0.1) is 0 Å². The molecule has 1 saturated heterocycles. The molecule has 0 aromatic carbocycles. The van der Waals surface area contributed by atoms with Crippen molar-refractivity contribution in [2.24, 2.45) is 0 Å². The van der Waals surface area contributed by atoms with Gasteiger partial charge in [-0.1, -0.05) is 12.8 Å². The summed E-state index contributed by atoms with van der Waals surface area (Å²) in [5.74, 6) is -0.792. The third-order valence-electron chi connectivity index (χ3n) is 2.06. The van der Waals surface area contributed by atoms with E-state index in [2.05, 4.69) is 5.43 Å². The van der Waals surface area contributed by atoms with Gasteiger partial charge in [-0.2, -0.15) is 0 Å². The number of rotatable bonds is 3. The first-order valence-corrected chi connectivity index (χ1v) is 4.49. The fraction of sp³-hybridized carbons (Fsp3) is 0.875. The van der Waals surface area contributed by atoms with E-state index in [0.717, 1.165) is 13.1 Å². The van der Waals surface area contributed by atoms with Crippen molar-refractivity contribution in [3.63, 3.8) is 0 Å². The van der Waals surface area contributed by atoms with Gasteiger partial charge in [0.1, 0.15) is 6.54 Å². The van der Waals surface area contributed by atoms with Gasteiger partial charge in [-0.3, -0.25) is 4.79 Å². The van der Waals surface area contributed by atoms with Crippen molar-refractivity contribution in [2.45, 2.75) is 25.7 Å². The number of carboxylic acid groups (broad SMARTS) is 1. The van der Waals surface area contributed by atoms with E-state index in [1.165, 1.54) is 25.7 Å². The highest BCUT2D eigenvalue weighted by atomic mass is 16.4. The van der Waals surface area contributed by atoms with E-state index in [-0.39, 0.29) is 6.54 Å². The number of hydrogen-bond acceptors (Lipinski definition) is 3. The number of nitrogens with one attached hydrogen (secondary N) is 1. The highest BCUT2D eigenvalue weighted by Crippen LogP contribution is 2.06. The summed E-state index contributed by atoms with van der Waals surface area (Å²) in [4.78, 5) is 10.2. The number of hydrazine groups is 1. The van der Waals surface area contributed by atoms with Crippen LogP contribution in [0.4, 0.5) is 0 Å². The van der Waals surface area contributed by atoms with Crippen LogP contribution in [0.5, 0.6) is 0 Å². The lowest BCUT2D eigenvalue weighted by atomic mass is 10.2. The molecule has 2 N–H and O–H groups in total. The van der Waals surface area contributed by atoms with E-state index < -0.39 is 5.97 Å². The molecular weight excluding hydrogens is 156 g/mol. The molecule has 1 aliphatic heterocycles. The van der Waals surface area contributed by atoms with E-state index in [1.54, 1.807) is 0 Å². The molecule has 1 heterocycles. The molecule has 0 unspecified atom stereocenters. The molecule has 70 valence electrons. The van der Waals surface area contributed by atoms with Gasteiger partial charge in [0.25, 0.3) is 0 Å². The molecule has 0 aliphatic carbocycles. The molecule has 0 radical (unpaired) electrons. The van der Waals surface area contributed by atoms with E-state index in [4.69, 9.17) is 5.11 Å². The molecule has 0 atom stereocenters. The molecule has 0 saturated carbocycles. The smallest absolute Gasteiger partial charge is 0.318 e. The summed E-state index contributed by atoms with van der Waals surface area (Å²) in [5, 5.41) is 10.4. The van der Waals surface area contributed by atoms with Crippen molar-refractivity contribution < 1.29 is 9.90 Å². The fourth-order valence-electron chi connectivity index (χ4n) is 1.41. The van der Waals surface area contributed by atoms with Gasteiger partial charge in [0.2, 0.25) is 0 Å². The topological polar surface area (TPSA) is 52.6 Å². The van der Waals surface area contributed by atoms with Crippen LogP contribution < -0.4 is 5.43 Å². The van der Waals surface area contributed by atoms with E-state index in [1.807, 2.05) is 5.01 Å². The Balaban J connectivity index is 2.16. The Morgan fingerprint density at radius 2 is 1.83 bits per heavy atom. The number of nitrogens with zero attached hydrogens (tertiary/aromatic N) is 1. The maximum absolute atomic E-state index is 10.2. The van der Waals surface area contributed by atoms with Crippen LogP contribution in [0.3, 0.4) is 0 Å². The van der Waals surface area contributed by atoms with Gasteiger partial charge >= 0.3 is 5.97 Å². The second-order valence-electron chi connectivity index (χ2n) is 3.13. The zero-order valence-electron chi connectivity index (χ0n) is 7.25. The van der Waals surface area contributed by atoms with Crippen LogP contribution in [0.2, 0.25) is 0 Å². The quantitative estimate of drug-likeness (QED) is 0.649. The second kappa shape index (κ2) is 5.11. The first-order chi connectivity index (χ1) is 5.79. The zero-order valence-corrected chi connectivity index (χ0v) is 7.25. The Morgan fingerprint density at radius 3 is 2.33 bits per heavy atom. The van der Waals surface area contributed by atoms with Gasteiger partial charge in [-0.05, 0) is 12.8 Å². The third-order valence-corrected chi connectivity index (χ3v) is 2.06. The number of carboxylic acids is 1. The molecule has 12 heavy (non-hydrogen) atoms. The van der Waals surface area contributed by atoms with Crippen LogP contribution in [0.1, 0.15) is 25.7 Å².